The number of hydrogen-bond acceptors (Lipinski definition) is 3. The lowest BCUT2D eigenvalue weighted by molar-refractivity contribution is -0.121. The Morgan fingerprint density at radius 2 is 2.05 bits per heavy atom. The van der Waals surface area contributed by atoms with Crippen molar-refractivity contribution in [1.29, 1.82) is 0 Å². The number of nitrogens with one attached hydrogen (secondary N) is 1. The largest absolute Gasteiger partial charge is 0.378 e. The lowest BCUT2D eigenvalue weighted by Gasteiger charge is -2.20. The molecule has 22 heavy (non-hydrogen) atoms. The van der Waals surface area contributed by atoms with Crippen LogP contribution in [0.3, 0.4) is 0 Å². The molecule has 1 amide bonds. The van der Waals surface area contributed by atoms with Crippen LogP contribution in [0.4, 0.5) is 5.69 Å². The number of aryl methyl sites for hydroxylation is 1. The minimum Gasteiger partial charge on any atom is -0.378 e. The fraction of sp³-hybridized carbons (Fsp3) is 0.375. The molecule has 0 aliphatic rings. The Kier molecular flexibility index (Phi) is 5.44. The Hall–Kier alpha value is -2.01. The first-order valence-corrected chi connectivity index (χ1v) is 7.66. The Bertz CT molecular complexity index is 621. The highest BCUT2D eigenvalue weighted by atomic mass is 35.5. The third kappa shape index (κ3) is 3.80. The van der Waals surface area contributed by atoms with Crippen molar-refractivity contribution in [2.24, 2.45) is 7.05 Å². The molecule has 6 heteroatoms. The van der Waals surface area contributed by atoms with E-state index in [1.807, 2.05) is 61.1 Å². The summed E-state index contributed by atoms with van der Waals surface area (Å²) in [6.45, 7) is 0. The van der Waals surface area contributed by atoms with Crippen LogP contribution in [0.1, 0.15) is 23.9 Å². The minimum atomic E-state index is -0.285. The van der Waals surface area contributed by atoms with Gasteiger partial charge in [-0.3, -0.25) is 4.79 Å². The van der Waals surface area contributed by atoms with E-state index in [1.54, 1.807) is 6.20 Å². The number of halogens is 1. The summed E-state index contributed by atoms with van der Waals surface area (Å²) in [4.78, 5) is 18.4. The molecule has 0 fully saturated rings. The summed E-state index contributed by atoms with van der Waals surface area (Å²) in [5.74, 6) is 1.01. The van der Waals surface area contributed by atoms with Crippen LogP contribution >= 0.6 is 11.6 Å². The second kappa shape index (κ2) is 7.31. The fourth-order valence-electron chi connectivity index (χ4n) is 2.24. The molecule has 0 aliphatic heterocycles. The Morgan fingerprint density at radius 1 is 1.36 bits per heavy atom. The van der Waals surface area contributed by atoms with Crippen molar-refractivity contribution >= 4 is 23.2 Å². The predicted molar refractivity (Wildman–Crippen MR) is 89.3 cm³/mol. The lowest BCUT2D eigenvalue weighted by Crippen LogP contribution is -2.31. The van der Waals surface area contributed by atoms with Gasteiger partial charge in [0.2, 0.25) is 5.91 Å². The van der Waals surface area contributed by atoms with Crippen LogP contribution in [0.25, 0.3) is 0 Å². The van der Waals surface area contributed by atoms with Crippen LogP contribution < -0.4 is 10.2 Å². The molecule has 0 bridgehead atoms. The summed E-state index contributed by atoms with van der Waals surface area (Å²) in [7, 11) is 5.90. The van der Waals surface area contributed by atoms with Gasteiger partial charge in [0.15, 0.2) is 0 Å². The maximum Gasteiger partial charge on any atom is 0.222 e. The number of aromatic nitrogens is 2. The molecule has 1 aromatic heterocycles. The average molecular weight is 321 g/mol. The van der Waals surface area contributed by atoms with Gasteiger partial charge in [0.25, 0.3) is 0 Å². The zero-order chi connectivity index (χ0) is 16.1. The molecule has 2 rings (SSSR count). The van der Waals surface area contributed by atoms with Gasteiger partial charge >= 0.3 is 0 Å². The Balaban J connectivity index is 2.31. The maximum atomic E-state index is 12.0. The summed E-state index contributed by atoms with van der Waals surface area (Å²) in [5, 5.41) is 3.01. The zero-order valence-corrected chi connectivity index (χ0v) is 13.8. The van der Waals surface area contributed by atoms with E-state index in [0.717, 1.165) is 17.1 Å². The van der Waals surface area contributed by atoms with E-state index < -0.39 is 0 Å². The lowest BCUT2D eigenvalue weighted by atomic mass is 10.1. The predicted octanol–water partition coefficient (Wildman–Crippen LogP) is 2.32. The minimum absolute atomic E-state index is 0.0836. The van der Waals surface area contributed by atoms with Gasteiger partial charge in [0.1, 0.15) is 11.9 Å². The molecular formula is C16H21ClN4O. The standard InChI is InChI=1S/C16H21ClN4O/c1-20(2)13-6-4-12(5-7-13)15(19-14(22)8-9-17)16-18-10-11-21(16)3/h4-7,10-11,15H,8-9H2,1-3H3,(H,19,22). The van der Waals surface area contributed by atoms with E-state index in [1.165, 1.54) is 0 Å². The fourth-order valence-corrected chi connectivity index (χ4v) is 2.41. The molecule has 1 atom stereocenters. The quantitative estimate of drug-likeness (QED) is 0.831. The van der Waals surface area contributed by atoms with Gasteiger partial charge in [-0.15, -0.1) is 11.6 Å². The van der Waals surface area contributed by atoms with Crippen LogP contribution in [-0.4, -0.2) is 35.4 Å². The molecular weight excluding hydrogens is 300 g/mol. The van der Waals surface area contributed by atoms with Gasteiger partial charge in [0, 0.05) is 51.5 Å². The molecule has 0 saturated carbocycles. The molecule has 1 heterocycles. The van der Waals surface area contributed by atoms with E-state index in [-0.39, 0.29) is 18.4 Å². The topological polar surface area (TPSA) is 50.2 Å². The summed E-state index contributed by atoms with van der Waals surface area (Å²) in [6.07, 6.45) is 3.88. The second-order valence-corrected chi connectivity index (χ2v) is 5.70. The molecule has 118 valence electrons. The monoisotopic (exact) mass is 320 g/mol. The number of anilines is 1. The van der Waals surface area contributed by atoms with E-state index in [4.69, 9.17) is 11.6 Å². The number of carbonyl (C=O) groups is 1. The van der Waals surface area contributed by atoms with E-state index in [9.17, 15) is 4.79 Å². The van der Waals surface area contributed by atoms with Crippen molar-refractivity contribution in [3.63, 3.8) is 0 Å². The van der Waals surface area contributed by atoms with Crippen LogP contribution in [0, 0.1) is 0 Å². The van der Waals surface area contributed by atoms with Crippen LogP contribution in [-0.2, 0) is 11.8 Å². The van der Waals surface area contributed by atoms with Crippen molar-refractivity contribution in [2.45, 2.75) is 12.5 Å². The number of benzene rings is 1. The second-order valence-electron chi connectivity index (χ2n) is 5.32. The highest BCUT2D eigenvalue weighted by molar-refractivity contribution is 6.18. The Labute approximate surface area is 135 Å². The zero-order valence-electron chi connectivity index (χ0n) is 13.1. The van der Waals surface area contributed by atoms with E-state index in [0.29, 0.717) is 5.88 Å². The van der Waals surface area contributed by atoms with Crippen molar-refractivity contribution in [3.05, 3.63) is 48.0 Å². The van der Waals surface area contributed by atoms with Gasteiger partial charge in [0.05, 0.1) is 0 Å². The van der Waals surface area contributed by atoms with Gasteiger partial charge < -0.3 is 14.8 Å². The molecule has 0 spiro atoms. The highest BCUT2D eigenvalue weighted by Crippen LogP contribution is 2.23. The number of hydrogen-bond donors (Lipinski definition) is 1. The van der Waals surface area contributed by atoms with Gasteiger partial charge in [-0.2, -0.15) is 0 Å². The van der Waals surface area contributed by atoms with Crippen molar-refractivity contribution in [3.8, 4) is 0 Å². The van der Waals surface area contributed by atoms with Crippen LogP contribution in [0.2, 0.25) is 0 Å². The summed E-state index contributed by atoms with van der Waals surface area (Å²) < 4.78 is 1.91. The third-order valence-electron chi connectivity index (χ3n) is 3.49. The number of rotatable bonds is 6. The summed E-state index contributed by atoms with van der Waals surface area (Å²) in [5.41, 5.74) is 2.09. The van der Waals surface area contributed by atoms with E-state index >= 15 is 0 Å². The number of nitrogens with zero attached hydrogens (tertiary/aromatic N) is 3. The molecule has 5 nitrogen and oxygen atoms in total. The smallest absolute Gasteiger partial charge is 0.222 e. The molecule has 1 aromatic carbocycles. The van der Waals surface area contributed by atoms with E-state index in [2.05, 4.69) is 10.3 Å². The van der Waals surface area contributed by atoms with Gasteiger partial charge in [-0.25, -0.2) is 4.98 Å². The first-order chi connectivity index (χ1) is 10.5. The molecule has 1 unspecified atom stereocenters. The molecule has 0 saturated heterocycles. The average Bonchev–Trinajstić information content (AvgIpc) is 2.91. The maximum absolute atomic E-state index is 12.0. The normalized spacial score (nSPS) is 12.0. The van der Waals surface area contributed by atoms with Crippen LogP contribution in [0.5, 0.6) is 0 Å². The van der Waals surface area contributed by atoms with Crippen LogP contribution in [0.15, 0.2) is 36.7 Å². The van der Waals surface area contributed by atoms with Gasteiger partial charge in [-0.05, 0) is 17.7 Å². The third-order valence-corrected chi connectivity index (χ3v) is 3.68. The van der Waals surface area contributed by atoms with Crippen molar-refractivity contribution in [2.75, 3.05) is 24.9 Å². The first-order valence-electron chi connectivity index (χ1n) is 7.12. The van der Waals surface area contributed by atoms with Crippen molar-refractivity contribution < 1.29 is 4.79 Å². The molecule has 0 radical (unpaired) electrons. The van der Waals surface area contributed by atoms with Crippen molar-refractivity contribution in [1.82, 2.24) is 14.9 Å². The number of amides is 1. The Morgan fingerprint density at radius 3 is 2.55 bits per heavy atom. The number of alkyl halides is 1. The SMILES string of the molecule is CN(C)c1ccc(C(NC(=O)CCCl)c2nccn2C)cc1. The molecule has 1 N–H and O–H groups in total. The number of imidazole rings is 1. The summed E-state index contributed by atoms with van der Waals surface area (Å²) >= 11 is 5.65. The first kappa shape index (κ1) is 16.4. The molecule has 0 aliphatic carbocycles. The van der Waals surface area contributed by atoms with Gasteiger partial charge in [-0.1, -0.05) is 12.1 Å². The molecule has 2 aromatic rings. The number of carbonyl (C=O) groups excluding carboxylic acids is 1. The highest BCUT2D eigenvalue weighted by Gasteiger charge is 2.20. The summed E-state index contributed by atoms with van der Waals surface area (Å²) in [6, 6.07) is 7.79.